The van der Waals surface area contributed by atoms with E-state index in [0.717, 1.165) is 24.6 Å². The summed E-state index contributed by atoms with van der Waals surface area (Å²) in [4.78, 5) is 9.50. The highest BCUT2D eigenvalue weighted by atomic mass is 15.2. The van der Waals surface area contributed by atoms with E-state index in [0.29, 0.717) is 0 Å². The zero-order valence-electron chi connectivity index (χ0n) is 7.39. The number of H-pyrrole nitrogens is 1. The molecule has 0 aliphatic rings. The van der Waals surface area contributed by atoms with Crippen molar-refractivity contribution in [1.29, 1.82) is 0 Å². The van der Waals surface area contributed by atoms with E-state index in [4.69, 9.17) is 0 Å². The van der Waals surface area contributed by atoms with Crippen LogP contribution >= 0.6 is 0 Å². The Morgan fingerprint density at radius 2 is 2.36 bits per heavy atom. The number of aromatic amines is 1. The summed E-state index contributed by atoms with van der Waals surface area (Å²) in [6, 6.07) is 0. The van der Waals surface area contributed by atoms with Crippen molar-refractivity contribution >= 4 is 5.95 Å². The average Bonchev–Trinajstić information content (AvgIpc) is 2.36. The van der Waals surface area contributed by atoms with E-state index in [-0.39, 0.29) is 0 Å². The maximum Gasteiger partial charge on any atom is 0.202 e. The smallest absolute Gasteiger partial charge is 0.202 e. The van der Waals surface area contributed by atoms with E-state index in [1.807, 2.05) is 20.2 Å². The molecule has 1 N–H and O–H groups in total. The van der Waals surface area contributed by atoms with Crippen LogP contribution in [0.15, 0.2) is 6.20 Å². The minimum atomic E-state index is 0.962. The number of rotatable bonds is 3. The fourth-order valence-corrected chi connectivity index (χ4v) is 1.03. The van der Waals surface area contributed by atoms with E-state index in [9.17, 15) is 0 Å². The van der Waals surface area contributed by atoms with Crippen LogP contribution in [0.5, 0.6) is 0 Å². The maximum absolute atomic E-state index is 4.20. The summed E-state index contributed by atoms with van der Waals surface area (Å²) < 4.78 is 0. The van der Waals surface area contributed by atoms with Crippen molar-refractivity contribution < 1.29 is 0 Å². The molecule has 0 bridgehead atoms. The zero-order valence-corrected chi connectivity index (χ0v) is 7.39. The Morgan fingerprint density at radius 3 is 2.82 bits per heavy atom. The third-order valence-electron chi connectivity index (χ3n) is 1.61. The van der Waals surface area contributed by atoms with Crippen molar-refractivity contribution in [3.8, 4) is 0 Å². The molecule has 0 radical (unpaired) electrons. The lowest BCUT2D eigenvalue weighted by atomic mass is 10.4. The molecule has 3 nitrogen and oxygen atoms in total. The molecule has 1 aromatic rings. The van der Waals surface area contributed by atoms with Gasteiger partial charge in [0, 0.05) is 25.5 Å². The van der Waals surface area contributed by atoms with E-state index in [2.05, 4.69) is 21.8 Å². The highest BCUT2D eigenvalue weighted by Gasteiger charge is 2.01. The highest BCUT2D eigenvalue weighted by molar-refractivity contribution is 5.29. The lowest BCUT2D eigenvalue weighted by Gasteiger charge is -2.13. The number of nitrogens with zero attached hydrogens (tertiary/aromatic N) is 2. The summed E-state index contributed by atoms with van der Waals surface area (Å²) in [5, 5.41) is 0. The topological polar surface area (TPSA) is 31.9 Å². The first kappa shape index (κ1) is 8.11. The normalized spacial score (nSPS) is 10.1. The van der Waals surface area contributed by atoms with Crippen molar-refractivity contribution in [3.05, 3.63) is 11.9 Å². The standard InChI is InChI=1S/C8H15N3/c1-4-5-11(3)8-9-6-7(2)10-8/h6H,4-5H2,1-3H3,(H,9,10). The number of imidazole rings is 1. The number of aryl methyl sites for hydroxylation is 1. The minimum absolute atomic E-state index is 0.962. The van der Waals surface area contributed by atoms with Gasteiger partial charge in [-0.3, -0.25) is 0 Å². The Hall–Kier alpha value is -0.990. The summed E-state index contributed by atoms with van der Waals surface area (Å²) in [7, 11) is 2.04. The van der Waals surface area contributed by atoms with Crippen LogP contribution in [0, 0.1) is 6.92 Å². The van der Waals surface area contributed by atoms with Gasteiger partial charge in [0.2, 0.25) is 5.95 Å². The molecule has 1 aromatic heterocycles. The number of aromatic nitrogens is 2. The van der Waals surface area contributed by atoms with Gasteiger partial charge in [-0.2, -0.15) is 0 Å². The molecule has 3 heteroatoms. The van der Waals surface area contributed by atoms with Crippen LogP contribution in [0.25, 0.3) is 0 Å². The van der Waals surface area contributed by atoms with Crippen LogP contribution in [-0.2, 0) is 0 Å². The Kier molecular flexibility index (Phi) is 2.52. The Labute approximate surface area is 67.4 Å². The molecular weight excluding hydrogens is 138 g/mol. The van der Waals surface area contributed by atoms with E-state index in [1.54, 1.807) is 0 Å². The molecular formula is C8H15N3. The van der Waals surface area contributed by atoms with E-state index >= 15 is 0 Å². The Balaban J connectivity index is 2.60. The van der Waals surface area contributed by atoms with Crippen molar-refractivity contribution in [2.45, 2.75) is 20.3 Å². The number of hydrogen-bond donors (Lipinski definition) is 1. The van der Waals surface area contributed by atoms with Crippen LogP contribution in [-0.4, -0.2) is 23.6 Å². The minimum Gasteiger partial charge on any atom is -0.345 e. The summed E-state index contributed by atoms with van der Waals surface area (Å²) >= 11 is 0. The lowest BCUT2D eigenvalue weighted by Crippen LogP contribution is -2.18. The van der Waals surface area contributed by atoms with Crippen LogP contribution in [0.2, 0.25) is 0 Å². The fourth-order valence-electron chi connectivity index (χ4n) is 1.03. The Morgan fingerprint density at radius 1 is 1.64 bits per heavy atom. The first-order chi connectivity index (χ1) is 5.24. The molecule has 1 rings (SSSR count). The molecule has 0 atom stereocenters. The van der Waals surface area contributed by atoms with Gasteiger partial charge >= 0.3 is 0 Å². The number of hydrogen-bond acceptors (Lipinski definition) is 2. The monoisotopic (exact) mass is 153 g/mol. The van der Waals surface area contributed by atoms with Gasteiger partial charge in [0.05, 0.1) is 0 Å². The predicted octanol–water partition coefficient (Wildman–Crippen LogP) is 1.56. The molecule has 1 heterocycles. The van der Waals surface area contributed by atoms with Crippen molar-refractivity contribution in [2.75, 3.05) is 18.5 Å². The van der Waals surface area contributed by atoms with Gasteiger partial charge < -0.3 is 9.88 Å². The molecule has 0 amide bonds. The van der Waals surface area contributed by atoms with Crippen LogP contribution in [0.3, 0.4) is 0 Å². The lowest BCUT2D eigenvalue weighted by molar-refractivity contribution is 0.826. The SMILES string of the molecule is CCCN(C)c1ncc(C)[nH]1. The van der Waals surface area contributed by atoms with Gasteiger partial charge in [-0.15, -0.1) is 0 Å². The molecule has 0 saturated carbocycles. The Bertz CT molecular complexity index is 217. The number of nitrogens with one attached hydrogen (secondary N) is 1. The maximum atomic E-state index is 4.20. The summed E-state index contributed by atoms with van der Waals surface area (Å²) in [6.07, 6.45) is 3.00. The molecule has 0 saturated heterocycles. The predicted molar refractivity (Wildman–Crippen MR) is 46.9 cm³/mol. The molecule has 0 unspecified atom stereocenters. The molecule has 0 aliphatic heterocycles. The van der Waals surface area contributed by atoms with Gasteiger partial charge in [-0.05, 0) is 13.3 Å². The van der Waals surface area contributed by atoms with Gasteiger partial charge in [0.1, 0.15) is 0 Å². The molecule has 0 fully saturated rings. The summed E-state index contributed by atoms with van der Waals surface area (Å²) in [6.45, 7) is 5.22. The van der Waals surface area contributed by atoms with E-state index < -0.39 is 0 Å². The molecule has 0 aliphatic carbocycles. The first-order valence-electron chi connectivity index (χ1n) is 3.96. The second-order valence-electron chi connectivity index (χ2n) is 2.81. The zero-order chi connectivity index (χ0) is 8.27. The third kappa shape index (κ3) is 1.97. The third-order valence-corrected chi connectivity index (χ3v) is 1.61. The second-order valence-corrected chi connectivity index (χ2v) is 2.81. The highest BCUT2D eigenvalue weighted by Crippen LogP contribution is 2.05. The second kappa shape index (κ2) is 3.42. The van der Waals surface area contributed by atoms with Gasteiger partial charge in [-0.1, -0.05) is 6.92 Å². The quantitative estimate of drug-likeness (QED) is 0.714. The van der Waals surface area contributed by atoms with E-state index in [1.165, 1.54) is 0 Å². The van der Waals surface area contributed by atoms with Crippen molar-refractivity contribution in [1.82, 2.24) is 9.97 Å². The van der Waals surface area contributed by atoms with Crippen molar-refractivity contribution in [2.24, 2.45) is 0 Å². The van der Waals surface area contributed by atoms with Crippen LogP contribution in [0.4, 0.5) is 5.95 Å². The molecule has 11 heavy (non-hydrogen) atoms. The molecule has 0 aromatic carbocycles. The molecule has 0 spiro atoms. The summed E-state index contributed by atoms with van der Waals surface area (Å²) in [5.74, 6) is 0.962. The van der Waals surface area contributed by atoms with Gasteiger partial charge in [0.25, 0.3) is 0 Å². The first-order valence-corrected chi connectivity index (χ1v) is 3.96. The van der Waals surface area contributed by atoms with Gasteiger partial charge in [0.15, 0.2) is 0 Å². The molecule has 62 valence electrons. The van der Waals surface area contributed by atoms with Gasteiger partial charge in [-0.25, -0.2) is 4.98 Å². The number of anilines is 1. The van der Waals surface area contributed by atoms with Crippen molar-refractivity contribution in [3.63, 3.8) is 0 Å². The summed E-state index contributed by atoms with van der Waals surface area (Å²) in [5.41, 5.74) is 1.11. The van der Waals surface area contributed by atoms with Crippen LogP contribution < -0.4 is 4.90 Å². The fraction of sp³-hybridized carbons (Fsp3) is 0.625. The van der Waals surface area contributed by atoms with Crippen LogP contribution in [0.1, 0.15) is 19.0 Å². The average molecular weight is 153 g/mol. The largest absolute Gasteiger partial charge is 0.345 e.